The van der Waals surface area contributed by atoms with E-state index in [0.717, 1.165) is 22.1 Å². The second kappa shape index (κ2) is 6.21. The first kappa shape index (κ1) is 14.1. The lowest BCUT2D eigenvalue weighted by molar-refractivity contribution is 0.238. The fourth-order valence-corrected chi connectivity index (χ4v) is 2.40. The zero-order chi connectivity index (χ0) is 13.8. The fraction of sp³-hybridized carbons (Fsp3) is 0.357. The summed E-state index contributed by atoms with van der Waals surface area (Å²) in [6.45, 7) is 2.12. The van der Waals surface area contributed by atoms with E-state index < -0.39 is 0 Å². The van der Waals surface area contributed by atoms with Gasteiger partial charge in [-0.15, -0.1) is 0 Å². The van der Waals surface area contributed by atoms with Gasteiger partial charge in [-0.2, -0.15) is 0 Å². The van der Waals surface area contributed by atoms with Gasteiger partial charge in [0, 0.05) is 28.7 Å². The number of aliphatic hydroxyl groups excluding tert-OH is 1. The lowest BCUT2D eigenvalue weighted by Gasteiger charge is -2.14. The first-order valence-electron chi connectivity index (χ1n) is 6.21. The third-order valence-electron chi connectivity index (χ3n) is 3.15. The van der Waals surface area contributed by atoms with Crippen LogP contribution in [0.25, 0.3) is 0 Å². The van der Waals surface area contributed by atoms with Crippen LogP contribution in [0.3, 0.4) is 0 Å². The van der Waals surface area contributed by atoms with Crippen LogP contribution in [0.2, 0.25) is 0 Å². The van der Waals surface area contributed by atoms with Gasteiger partial charge in [0.25, 0.3) is 0 Å². The number of nitrogens with one attached hydrogen (secondary N) is 2. The number of carbonyl (C=O) groups excluding carboxylic acids is 1. The Morgan fingerprint density at radius 1 is 1.47 bits per heavy atom. The number of rotatable bonds is 3. The molecule has 2 atom stereocenters. The normalized spacial score (nSPS) is 21.4. The van der Waals surface area contributed by atoms with E-state index in [1.165, 1.54) is 0 Å². The van der Waals surface area contributed by atoms with E-state index in [9.17, 15) is 4.79 Å². The van der Waals surface area contributed by atoms with Gasteiger partial charge in [0.15, 0.2) is 0 Å². The Morgan fingerprint density at radius 3 is 2.89 bits per heavy atom. The molecule has 5 heteroatoms. The Morgan fingerprint density at radius 2 is 2.26 bits per heavy atom. The van der Waals surface area contributed by atoms with E-state index in [0.29, 0.717) is 0 Å². The molecule has 0 spiro atoms. The van der Waals surface area contributed by atoms with Gasteiger partial charge >= 0.3 is 6.03 Å². The van der Waals surface area contributed by atoms with Crippen molar-refractivity contribution in [2.45, 2.75) is 19.4 Å². The number of hydrogen-bond donors (Lipinski definition) is 3. The molecule has 3 N–H and O–H groups in total. The van der Waals surface area contributed by atoms with Gasteiger partial charge in [-0.05, 0) is 31.0 Å². The SMILES string of the molecule is Cc1ccc(NC(=O)N[C@@H]2C=C[C@H](CO)C2)cc1Br. The van der Waals surface area contributed by atoms with Crippen molar-refractivity contribution in [1.82, 2.24) is 5.32 Å². The van der Waals surface area contributed by atoms with Gasteiger partial charge in [-0.25, -0.2) is 4.79 Å². The summed E-state index contributed by atoms with van der Waals surface area (Å²) in [4.78, 5) is 11.8. The maximum absolute atomic E-state index is 11.8. The highest BCUT2D eigenvalue weighted by Gasteiger charge is 2.19. The molecular weight excluding hydrogens is 308 g/mol. The van der Waals surface area contributed by atoms with E-state index >= 15 is 0 Å². The summed E-state index contributed by atoms with van der Waals surface area (Å²) in [5.41, 5.74) is 1.87. The lowest BCUT2D eigenvalue weighted by atomic mass is 10.1. The number of carbonyl (C=O) groups is 1. The molecule has 2 rings (SSSR count). The first-order chi connectivity index (χ1) is 9.08. The smallest absolute Gasteiger partial charge is 0.319 e. The van der Waals surface area contributed by atoms with E-state index in [1.807, 2.05) is 37.3 Å². The van der Waals surface area contributed by atoms with E-state index in [-0.39, 0.29) is 24.6 Å². The summed E-state index contributed by atoms with van der Waals surface area (Å²) < 4.78 is 0.964. The van der Waals surface area contributed by atoms with Crippen LogP contribution >= 0.6 is 15.9 Å². The third-order valence-corrected chi connectivity index (χ3v) is 4.01. The van der Waals surface area contributed by atoms with Gasteiger partial charge < -0.3 is 15.7 Å². The van der Waals surface area contributed by atoms with Crippen molar-refractivity contribution in [2.24, 2.45) is 5.92 Å². The molecule has 19 heavy (non-hydrogen) atoms. The minimum absolute atomic E-state index is 0.00830. The molecule has 1 aromatic rings. The molecule has 4 nitrogen and oxygen atoms in total. The van der Waals surface area contributed by atoms with E-state index in [4.69, 9.17) is 5.11 Å². The quantitative estimate of drug-likeness (QED) is 0.749. The van der Waals surface area contributed by atoms with Crippen molar-refractivity contribution in [1.29, 1.82) is 0 Å². The molecule has 0 aromatic heterocycles. The number of aliphatic hydroxyl groups is 1. The Labute approximate surface area is 121 Å². The predicted molar refractivity (Wildman–Crippen MR) is 79.2 cm³/mol. The molecule has 0 saturated heterocycles. The summed E-state index contributed by atoms with van der Waals surface area (Å²) in [5.74, 6) is 0.152. The van der Waals surface area contributed by atoms with Crippen molar-refractivity contribution in [3.05, 3.63) is 40.4 Å². The molecule has 1 aliphatic rings. The van der Waals surface area contributed by atoms with Crippen LogP contribution in [0.15, 0.2) is 34.8 Å². The number of urea groups is 1. The van der Waals surface area contributed by atoms with Crippen molar-refractivity contribution in [2.75, 3.05) is 11.9 Å². The van der Waals surface area contributed by atoms with Crippen molar-refractivity contribution in [3.63, 3.8) is 0 Å². The zero-order valence-electron chi connectivity index (χ0n) is 10.7. The molecule has 1 aromatic carbocycles. The second-order valence-electron chi connectivity index (χ2n) is 4.73. The van der Waals surface area contributed by atoms with Gasteiger partial charge in [0.1, 0.15) is 0 Å². The maximum atomic E-state index is 11.8. The van der Waals surface area contributed by atoms with Crippen LogP contribution in [-0.2, 0) is 0 Å². The van der Waals surface area contributed by atoms with E-state index in [1.54, 1.807) is 0 Å². The molecule has 102 valence electrons. The summed E-state index contributed by atoms with van der Waals surface area (Å²) in [7, 11) is 0. The van der Waals surface area contributed by atoms with Gasteiger partial charge in [0.2, 0.25) is 0 Å². The van der Waals surface area contributed by atoms with Crippen molar-refractivity contribution in [3.8, 4) is 0 Å². The summed E-state index contributed by atoms with van der Waals surface area (Å²) in [5, 5.41) is 14.7. The van der Waals surface area contributed by atoms with Crippen molar-refractivity contribution >= 4 is 27.6 Å². The van der Waals surface area contributed by atoms with E-state index in [2.05, 4.69) is 26.6 Å². The molecule has 0 fully saturated rings. The number of halogens is 1. The monoisotopic (exact) mass is 324 g/mol. The number of anilines is 1. The number of benzene rings is 1. The molecule has 0 bridgehead atoms. The molecule has 0 aliphatic heterocycles. The molecule has 0 heterocycles. The second-order valence-corrected chi connectivity index (χ2v) is 5.59. The average Bonchev–Trinajstić information content (AvgIpc) is 2.81. The number of amides is 2. The largest absolute Gasteiger partial charge is 0.396 e. The highest BCUT2D eigenvalue weighted by atomic mass is 79.9. The first-order valence-corrected chi connectivity index (χ1v) is 7.00. The Hall–Kier alpha value is -1.33. The van der Waals surface area contributed by atoms with Crippen LogP contribution in [0, 0.1) is 12.8 Å². The van der Waals surface area contributed by atoms with Crippen LogP contribution < -0.4 is 10.6 Å². The predicted octanol–water partition coefficient (Wildman–Crippen LogP) is 2.82. The van der Waals surface area contributed by atoms with Gasteiger partial charge in [-0.3, -0.25) is 0 Å². The molecule has 1 aliphatic carbocycles. The molecular formula is C14H17BrN2O2. The summed E-state index contributed by atoms with van der Waals surface area (Å²) in [6.07, 6.45) is 4.61. The molecule has 0 unspecified atom stereocenters. The Bertz CT molecular complexity index is 502. The maximum Gasteiger partial charge on any atom is 0.319 e. The average molecular weight is 325 g/mol. The van der Waals surface area contributed by atoms with Crippen LogP contribution in [-0.4, -0.2) is 23.8 Å². The molecule has 0 saturated carbocycles. The Kier molecular flexibility index (Phi) is 4.61. The Balaban J connectivity index is 1.88. The van der Waals surface area contributed by atoms with Crippen LogP contribution in [0.5, 0.6) is 0 Å². The van der Waals surface area contributed by atoms with Gasteiger partial charge in [0.05, 0.1) is 0 Å². The lowest BCUT2D eigenvalue weighted by Crippen LogP contribution is -2.36. The number of aryl methyl sites for hydroxylation is 1. The minimum Gasteiger partial charge on any atom is -0.396 e. The van der Waals surface area contributed by atoms with Crippen molar-refractivity contribution < 1.29 is 9.90 Å². The van der Waals surface area contributed by atoms with Crippen LogP contribution in [0.4, 0.5) is 10.5 Å². The third kappa shape index (κ3) is 3.81. The minimum atomic E-state index is -0.232. The molecule has 2 amide bonds. The van der Waals surface area contributed by atoms with Crippen LogP contribution in [0.1, 0.15) is 12.0 Å². The van der Waals surface area contributed by atoms with Gasteiger partial charge in [-0.1, -0.05) is 34.1 Å². The summed E-state index contributed by atoms with van der Waals surface area (Å²) >= 11 is 3.43. The summed E-state index contributed by atoms with van der Waals surface area (Å²) in [6, 6.07) is 5.43. The molecule has 0 radical (unpaired) electrons. The highest BCUT2D eigenvalue weighted by Crippen LogP contribution is 2.21. The fourth-order valence-electron chi connectivity index (χ4n) is 2.02. The zero-order valence-corrected chi connectivity index (χ0v) is 12.3. The standard InChI is InChI=1S/C14H17BrN2O2/c1-9-2-4-12(7-13(9)15)17-14(19)16-11-5-3-10(6-11)8-18/h2-5,7,10-11,18H,6,8H2,1H3,(H2,16,17,19)/t10-,11+/m0/s1. The number of hydrogen-bond acceptors (Lipinski definition) is 2. The topological polar surface area (TPSA) is 61.4 Å². The highest BCUT2D eigenvalue weighted by molar-refractivity contribution is 9.10.